The molecule has 2 aromatic heterocycles. The van der Waals surface area contributed by atoms with Gasteiger partial charge in [0.1, 0.15) is 0 Å². The average molecular weight is 262 g/mol. The lowest BCUT2D eigenvalue weighted by Crippen LogP contribution is -2.38. The van der Waals surface area contributed by atoms with Crippen molar-refractivity contribution >= 4 is 5.96 Å². The maximum atomic E-state index is 4.90. The van der Waals surface area contributed by atoms with Gasteiger partial charge < -0.3 is 19.7 Å². The van der Waals surface area contributed by atoms with Crippen LogP contribution in [0.5, 0.6) is 0 Å². The number of aryl methyl sites for hydroxylation is 1. The second-order valence-corrected chi connectivity index (χ2v) is 4.00. The van der Waals surface area contributed by atoms with Gasteiger partial charge in [-0.05, 0) is 12.1 Å². The molecule has 0 bridgehead atoms. The molecule has 0 aliphatic heterocycles. The van der Waals surface area contributed by atoms with Crippen molar-refractivity contribution in [1.82, 2.24) is 25.3 Å². The topological polar surface area (TPSA) is 80.3 Å². The van der Waals surface area contributed by atoms with Crippen molar-refractivity contribution in [3.63, 3.8) is 0 Å². The van der Waals surface area contributed by atoms with Crippen LogP contribution in [0.2, 0.25) is 0 Å². The van der Waals surface area contributed by atoms with E-state index in [-0.39, 0.29) is 0 Å². The number of nitrogens with zero attached hydrogens (tertiary/aromatic N) is 4. The number of aromatic nitrogens is 3. The van der Waals surface area contributed by atoms with Crippen LogP contribution >= 0.6 is 0 Å². The van der Waals surface area contributed by atoms with Crippen molar-refractivity contribution < 1.29 is 4.52 Å². The molecule has 7 heteroatoms. The third-order valence-electron chi connectivity index (χ3n) is 2.54. The average Bonchev–Trinajstić information content (AvgIpc) is 3.05. The predicted molar refractivity (Wildman–Crippen MR) is 71.7 cm³/mol. The monoisotopic (exact) mass is 262 g/mol. The molecule has 0 saturated carbocycles. The zero-order valence-electron chi connectivity index (χ0n) is 11.1. The maximum absolute atomic E-state index is 4.90. The Morgan fingerprint density at radius 1 is 1.37 bits per heavy atom. The number of nitrogens with one attached hydrogen (secondary N) is 2. The zero-order chi connectivity index (χ0) is 13.5. The molecule has 102 valence electrons. The number of hydrogen-bond acceptors (Lipinski definition) is 4. The van der Waals surface area contributed by atoms with Crippen LogP contribution in [-0.2, 0) is 13.1 Å². The Hall–Kier alpha value is -2.31. The SMILES string of the molecule is CN=C(NCCn1cccc1)NCc1noc(C)n1. The first kappa shape index (κ1) is 13.1. The lowest BCUT2D eigenvalue weighted by Gasteiger charge is -2.10. The molecule has 0 amide bonds. The van der Waals surface area contributed by atoms with Gasteiger partial charge in [0.05, 0.1) is 6.54 Å². The first-order valence-corrected chi connectivity index (χ1v) is 6.12. The fraction of sp³-hybridized carbons (Fsp3) is 0.417. The first-order valence-electron chi connectivity index (χ1n) is 6.12. The highest BCUT2D eigenvalue weighted by molar-refractivity contribution is 5.79. The summed E-state index contributed by atoms with van der Waals surface area (Å²) < 4.78 is 7.00. The molecule has 0 saturated heterocycles. The molecule has 0 atom stereocenters. The molecule has 2 rings (SSSR count). The molecule has 2 aromatic rings. The molecule has 19 heavy (non-hydrogen) atoms. The van der Waals surface area contributed by atoms with Gasteiger partial charge in [0.15, 0.2) is 11.8 Å². The third kappa shape index (κ3) is 4.13. The van der Waals surface area contributed by atoms with E-state index in [9.17, 15) is 0 Å². The molecule has 2 N–H and O–H groups in total. The molecule has 0 aliphatic rings. The van der Waals surface area contributed by atoms with Gasteiger partial charge >= 0.3 is 0 Å². The normalized spacial score (nSPS) is 11.6. The van der Waals surface area contributed by atoms with Crippen LogP contribution in [-0.4, -0.2) is 34.3 Å². The van der Waals surface area contributed by atoms with Crippen LogP contribution in [0.1, 0.15) is 11.7 Å². The van der Waals surface area contributed by atoms with Crippen molar-refractivity contribution in [1.29, 1.82) is 0 Å². The number of rotatable bonds is 5. The Morgan fingerprint density at radius 3 is 2.79 bits per heavy atom. The van der Waals surface area contributed by atoms with Crippen LogP contribution in [0.4, 0.5) is 0 Å². The Balaban J connectivity index is 1.71. The summed E-state index contributed by atoms with van der Waals surface area (Å²) >= 11 is 0. The standard InChI is InChI=1S/C12H18N6O/c1-10-16-11(17-19-10)9-15-12(13-2)14-5-8-18-6-3-4-7-18/h3-4,6-7H,5,8-9H2,1-2H3,(H2,13,14,15). The molecule has 2 heterocycles. The van der Waals surface area contributed by atoms with E-state index < -0.39 is 0 Å². The fourth-order valence-corrected chi connectivity index (χ4v) is 1.62. The van der Waals surface area contributed by atoms with Crippen molar-refractivity contribution in [3.8, 4) is 0 Å². The minimum atomic E-state index is 0.487. The molecule has 0 radical (unpaired) electrons. The van der Waals surface area contributed by atoms with E-state index in [1.165, 1.54) is 0 Å². The van der Waals surface area contributed by atoms with E-state index in [1.807, 2.05) is 24.5 Å². The molecule has 0 aliphatic carbocycles. The molecule has 7 nitrogen and oxygen atoms in total. The lowest BCUT2D eigenvalue weighted by molar-refractivity contribution is 0.387. The Morgan fingerprint density at radius 2 is 2.16 bits per heavy atom. The zero-order valence-corrected chi connectivity index (χ0v) is 11.1. The second kappa shape index (κ2) is 6.58. The summed E-state index contributed by atoms with van der Waals surface area (Å²) in [4.78, 5) is 8.24. The van der Waals surface area contributed by atoms with Crippen molar-refractivity contribution in [2.75, 3.05) is 13.6 Å². The quantitative estimate of drug-likeness (QED) is 0.607. The summed E-state index contributed by atoms with van der Waals surface area (Å²) in [5.74, 6) is 1.90. The number of aliphatic imine (C=N–C) groups is 1. The lowest BCUT2D eigenvalue weighted by atomic mass is 10.5. The maximum Gasteiger partial charge on any atom is 0.223 e. The highest BCUT2D eigenvalue weighted by Gasteiger charge is 2.03. The summed E-state index contributed by atoms with van der Waals surface area (Å²) in [6, 6.07) is 4.01. The number of hydrogen-bond donors (Lipinski definition) is 2. The van der Waals surface area contributed by atoms with Gasteiger partial charge in [-0.25, -0.2) is 0 Å². The number of guanidine groups is 1. The molecule has 0 aromatic carbocycles. The Kier molecular flexibility index (Phi) is 4.54. The van der Waals surface area contributed by atoms with Crippen LogP contribution in [0.3, 0.4) is 0 Å². The van der Waals surface area contributed by atoms with E-state index in [2.05, 4.69) is 30.3 Å². The van der Waals surface area contributed by atoms with Crippen LogP contribution in [0, 0.1) is 6.92 Å². The van der Waals surface area contributed by atoms with Crippen molar-refractivity contribution in [2.45, 2.75) is 20.0 Å². The summed E-state index contributed by atoms with van der Waals surface area (Å²) in [5.41, 5.74) is 0. The highest BCUT2D eigenvalue weighted by Crippen LogP contribution is 1.93. The van der Waals surface area contributed by atoms with E-state index in [4.69, 9.17) is 4.52 Å². The van der Waals surface area contributed by atoms with E-state index >= 15 is 0 Å². The molecule has 0 spiro atoms. The Labute approximate surface area is 111 Å². The molecular formula is C12H18N6O. The van der Waals surface area contributed by atoms with Crippen LogP contribution in [0.25, 0.3) is 0 Å². The van der Waals surface area contributed by atoms with Gasteiger partial charge in [-0.15, -0.1) is 0 Å². The minimum Gasteiger partial charge on any atom is -0.355 e. The van der Waals surface area contributed by atoms with Gasteiger partial charge in [0, 0.05) is 39.5 Å². The molecule has 0 fully saturated rings. The van der Waals surface area contributed by atoms with Gasteiger partial charge in [-0.1, -0.05) is 5.16 Å². The predicted octanol–water partition coefficient (Wildman–Crippen LogP) is 0.545. The first-order chi connectivity index (χ1) is 9.28. The minimum absolute atomic E-state index is 0.487. The smallest absolute Gasteiger partial charge is 0.223 e. The van der Waals surface area contributed by atoms with Gasteiger partial charge in [-0.3, -0.25) is 4.99 Å². The highest BCUT2D eigenvalue weighted by atomic mass is 16.5. The summed E-state index contributed by atoms with van der Waals surface area (Å²) in [5, 5.41) is 10.1. The summed E-state index contributed by atoms with van der Waals surface area (Å²) in [7, 11) is 1.73. The van der Waals surface area contributed by atoms with Crippen LogP contribution in [0.15, 0.2) is 34.0 Å². The molecule has 0 unspecified atom stereocenters. The fourth-order valence-electron chi connectivity index (χ4n) is 1.62. The van der Waals surface area contributed by atoms with Gasteiger partial charge in [0.25, 0.3) is 0 Å². The van der Waals surface area contributed by atoms with Gasteiger partial charge in [-0.2, -0.15) is 4.98 Å². The Bertz CT molecular complexity index is 516. The van der Waals surface area contributed by atoms with Crippen LogP contribution < -0.4 is 10.6 Å². The largest absolute Gasteiger partial charge is 0.355 e. The molecular weight excluding hydrogens is 244 g/mol. The third-order valence-corrected chi connectivity index (χ3v) is 2.54. The summed E-state index contributed by atoms with van der Waals surface area (Å²) in [6.45, 7) is 3.93. The van der Waals surface area contributed by atoms with E-state index in [0.29, 0.717) is 18.3 Å². The van der Waals surface area contributed by atoms with Gasteiger partial charge in [0.2, 0.25) is 5.89 Å². The van der Waals surface area contributed by atoms with E-state index in [0.717, 1.165) is 19.0 Å². The van der Waals surface area contributed by atoms with E-state index in [1.54, 1.807) is 14.0 Å². The van der Waals surface area contributed by atoms with Crippen molar-refractivity contribution in [2.24, 2.45) is 4.99 Å². The summed E-state index contributed by atoms with van der Waals surface area (Å²) in [6.07, 6.45) is 4.06. The van der Waals surface area contributed by atoms with Crippen molar-refractivity contribution in [3.05, 3.63) is 36.2 Å². The second-order valence-electron chi connectivity index (χ2n) is 4.00.